The number of alkyl halides is 2. The zero-order chi connectivity index (χ0) is 21.3. The Morgan fingerprint density at radius 3 is 2.79 bits per heavy atom. The number of rotatable bonds is 4. The maximum absolute atomic E-state index is 13.7. The van der Waals surface area contributed by atoms with E-state index in [1.54, 1.807) is 18.5 Å². The van der Waals surface area contributed by atoms with E-state index in [1.807, 2.05) is 0 Å². The molecule has 29 heavy (non-hydrogen) atoms. The number of aromatic nitrogens is 3. The molecule has 2 atom stereocenters. The first-order valence-corrected chi connectivity index (χ1v) is 11.8. The Balaban J connectivity index is 2.02. The summed E-state index contributed by atoms with van der Waals surface area (Å²) >= 11 is 1.31. The number of halogens is 2. The fourth-order valence-corrected chi connectivity index (χ4v) is 6.85. The van der Waals surface area contributed by atoms with E-state index in [9.17, 15) is 18.1 Å². The number of aliphatic hydroxyl groups is 1. The zero-order valence-electron chi connectivity index (χ0n) is 16.3. The van der Waals surface area contributed by atoms with Gasteiger partial charge in [-0.3, -0.25) is 9.19 Å². The van der Waals surface area contributed by atoms with Crippen LogP contribution in [0.2, 0.25) is 0 Å². The molecule has 1 aliphatic rings. The SMILES string of the molecule is C=C1CC(O)c2sc(-c3nc4cc(C(C)(F)F)ncc4n3C)c(S(=C)(=O)CC)c21. The first-order chi connectivity index (χ1) is 13.5. The molecule has 0 bridgehead atoms. The monoisotopic (exact) mass is 437 g/mol. The standard InChI is InChI=1S/C20H21F2N3O2S2/c1-6-29(5,27)18-15-10(2)7-13(26)16(15)28-17(18)19-24-11-8-14(20(3,21)22)23-9-12(11)25(19)4/h8-9,13,26H,2,5-7H2,1,3-4H3. The van der Waals surface area contributed by atoms with Crippen LogP contribution in [0.1, 0.15) is 42.5 Å². The molecule has 3 heterocycles. The number of hydrogen-bond donors (Lipinski definition) is 1. The van der Waals surface area contributed by atoms with Crippen molar-refractivity contribution in [1.82, 2.24) is 14.5 Å². The minimum Gasteiger partial charge on any atom is -0.387 e. The van der Waals surface area contributed by atoms with Crippen molar-refractivity contribution in [2.75, 3.05) is 5.75 Å². The summed E-state index contributed by atoms with van der Waals surface area (Å²) in [5, 5.41) is 10.4. The number of aryl methyl sites for hydroxylation is 1. The summed E-state index contributed by atoms with van der Waals surface area (Å²) in [4.78, 5) is 10.3. The quantitative estimate of drug-likeness (QED) is 0.616. The van der Waals surface area contributed by atoms with Gasteiger partial charge in [-0.05, 0) is 27.0 Å². The molecule has 3 aromatic heterocycles. The highest BCUT2D eigenvalue weighted by Gasteiger charge is 2.35. The molecule has 0 spiro atoms. The Kier molecular flexibility index (Phi) is 4.49. The van der Waals surface area contributed by atoms with Crippen molar-refractivity contribution in [3.05, 3.63) is 35.0 Å². The van der Waals surface area contributed by atoms with Crippen molar-refractivity contribution in [1.29, 1.82) is 0 Å². The largest absolute Gasteiger partial charge is 0.387 e. The van der Waals surface area contributed by atoms with Crippen LogP contribution < -0.4 is 0 Å². The second-order valence-electron chi connectivity index (χ2n) is 7.36. The third kappa shape index (κ3) is 3.03. The van der Waals surface area contributed by atoms with Crippen molar-refractivity contribution in [2.24, 2.45) is 7.05 Å². The van der Waals surface area contributed by atoms with Gasteiger partial charge in [-0.1, -0.05) is 13.5 Å². The van der Waals surface area contributed by atoms with Crippen molar-refractivity contribution in [2.45, 2.75) is 37.2 Å². The molecule has 154 valence electrons. The van der Waals surface area contributed by atoms with Gasteiger partial charge < -0.3 is 9.67 Å². The van der Waals surface area contributed by atoms with Gasteiger partial charge in [0.05, 0.1) is 33.1 Å². The van der Waals surface area contributed by atoms with Crippen LogP contribution in [0, 0.1) is 0 Å². The normalized spacial score (nSPS) is 19.0. The number of hydrogen-bond acceptors (Lipinski definition) is 5. The summed E-state index contributed by atoms with van der Waals surface area (Å²) < 4.78 is 42.5. The number of pyridine rings is 1. The molecule has 3 aromatic rings. The Bertz CT molecular complexity index is 1270. The number of fused-ring (bicyclic) bond motifs is 2. The Morgan fingerprint density at radius 1 is 1.48 bits per heavy atom. The number of thiophene rings is 1. The van der Waals surface area contributed by atoms with Crippen LogP contribution in [-0.2, 0) is 22.5 Å². The molecule has 0 aliphatic heterocycles. The summed E-state index contributed by atoms with van der Waals surface area (Å²) in [5.74, 6) is 1.68. The van der Waals surface area contributed by atoms with Gasteiger partial charge in [-0.2, -0.15) is 8.78 Å². The van der Waals surface area contributed by atoms with Gasteiger partial charge in [0, 0.05) is 36.6 Å². The van der Waals surface area contributed by atoms with Gasteiger partial charge in [-0.15, -0.1) is 11.3 Å². The molecule has 1 aliphatic carbocycles. The Hall–Kier alpha value is -2.10. The molecule has 5 nitrogen and oxygen atoms in total. The van der Waals surface area contributed by atoms with Crippen LogP contribution in [-0.4, -0.2) is 35.5 Å². The highest BCUT2D eigenvalue weighted by molar-refractivity contribution is 8.00. The minimum absolute atomic E-state index is 0.324. The number of imidazole rings is 1. The zero-order valence-corrected chi connectivity index (χ0v) is 18.0. The third-order valence-corrected chi connectivity index (χ3v) is 8.75. The number of nitrogens with zero attached hydrogens (tertiary/aromatic N) is 3. The molecule has 0 saturated carbocycles. The maximum Gasteiger partial charge on any atom is 0.287 e. The summed E-state index contributed by atoms with van der Waals surface area (Å²) in [5.41, 5.74) is 2.04. The average molecular weight is 438 g/mol. The van der Waals surface area contributed by atoms with Crippen LogP contribution in [0.4, 0.5) is 8.78 Å². The lowest BCUT2D eigenvalue weighted by molar-refractivity contribution is 0.0129. The van der Waals surface area contributed by atoms with Gasteiger partial charge in [0.25, 0.3) is 5.92 Å². The lowest BCUT2D eigenvalue weighted by Crippen LogP contribution is -2.09. The smallest absolute Gasteiger partial charge is 0.287 e. The average Bonchev–Trinajstić information content (AvgIpc) is 3.27. The topological polar surface area (TPSA) is 68.0 Å². The van der Waals surface area contributed by atoms with Gasteiger partial charge in [-0.25, -0.2) is 4.98 Å². The first kappa shape index (κ1) is 20.2. The van der Waals surface area contributed by atoms with Crippen molar-refractivity contribution in [3.63, 3.8) is 0 Å². The van der Waals surface area contributed by atoms with Crippen LogP contribution in [0.25, 0.3) is 27.3 Å². The molecule has 1 N–H and O–H groups in total. The second-order valence-corrected chi connectivity index (χ2v) is 11.0. The van der Waals surface area contributed by atoms with Gasteiger partial charge in [0.1, 0.15) is 5.69 Å². The Labute approximate surface area is 171 Å². The summed E-state index contributed by atoms with van der Waals surface area (Å²) in [6, 6.07) is 1.27. The predicted octanol–water partition coefficient (Wildman–Crippen LogP) is 4.35. The van der Waals surface area contributed by atoms with Crippen LogP contribution in [0.5, 0.6) is 0 Å². The molecule has 2 unspecified atom stereocenters. The van der Waals surface area contributed by atoms with E-state index in [-0.39, 0.29) is 5.69 Å². The summed E-state index contributed by atoms with van der Waals surface area (Å²) in [7, 11) is -0.895. The van der Waals surface area contributed by atoms with E-state index >= 15 is 0 Å². The molecule has 0 saturated heterocycles. The molecular weight excluding hydrogens is 416 g/mol. The molecule has 0 amide bonds. The van der Waals surface area contributed by atoms with Crippen molar-refractivity contribution in [3.8, 4) is 10.7 Å². The molecule has 0 aromatic carbocycles. The molecule has 4 rings (SSSR count). The minimum atomic E-state index is -3.08. The van der Waals surface area contributed by atoms with Crippen molar-refractivity contribution < 1.29 is 18.1 Å². The van der Waals surface area contributed by atoms with E-state index < -0.39 is 21.5 Å². The van der Waals surface area contributed by atoms with E-state index in [0.717, 1.165) is 12.5 Å². The highest BCUT2D eigenvalue weighted by Crippen LogP contribution is 2.51. The van der Waals surface area contributed by atoms with Crippen LogP contribution in [0.3, 0.4) is 0 Å². The van der Waals surface area contributed by atoms with E-state index in [0.29, 0.717) is 49.2 Å². The van der Waals surface area contributed by atoms with Gasteiger partial charge in [0.2, 0.25) is 0 Å². The van der Waals surface area contributed by atoms with E-state index in [4.69, 9.17) is 0 Å². The van der Waals surface area contributed by atoms with Crippen molar-refractivity contribution >= 4 is 43.3 Å². The van der Waals surface area contributed by atoms with Gasteiger partial charge in [0.15, 0.2) is 5.82 Å². The lowest BCUT2D eigenvalue weighted by atomic mass is 10.2. The lowest BCUT2D eigenvalue weighted by Gasteiger charge is -2.11. The first-order valence-electron chi connectivity index (χ1n) is 9.04. The number of aliphatic hydroxyl groups excluding tert-OH is 1. The van der Waals surface area contributed by atoms with E-state index in [2.05, 4.69) is 22.4 Å². The summed E-state index contributed by atoms with van der Waals surface area (Å²) in [6.07, 6.45) is 1.06. The second kappa shape index (κ2) is 6.45. The molecular formula is C20H21F2N3O2S2. The predicted molar refractivity (Wildman–Crippen MR) is 114 cm³/mol. The third-order valence-electron chi connectivity index (χ3n) is 5.25. The molecule has 0 radical (unpaired) electrons. The molecule has 9 heteroatoms. The highest BCUT2D eigenvalue weighted by atomic mass is 32.2. The molecule has 0 fully saturated rings. The van der Waals surface area contributed by atoms with E-state index in [1.165, 1.54) is 23.6 Å². The van der Waals surface area contributed by atoms with Crippen LogP contribution >= 0.6 is 11.3 Å². The van der Waals surface area contributed by atoms with Crippen LogP contribution in [0.15, 0.2) is 23.7 Å². The van der Waals surface area contributed by atoms with Gasteiger partial charge >= 0.3 is 0 Å². The Morgan fingerprint density at radius 2 is 2.17 bits per heavy atom. The maximum atomic E-state index is 13.7. The fourth-order valence-electron chi connectivity index (χ4n) is 3.61. The fraction of sp³-hybridized carbons (Fsp3) is 0.350. The summed E-state index contributed by atoms with van der Waals surface area (Å²) in [6.45, 7) is 6.63.